The van der Waals surface area contributed by atoms with Crippen LogP contribution in [-0.4, -0.2) is 29.6 Å². The lowest BCUT2D eigenvalue weighted by Gasteiger charge is -2.13. The molecule has 2 amide bonds. The lowest BCUT2D eigenvalue weighted by atomic mass is 10.1. The number of carbonyl (C=O) groups excluding carboxylic acids is 3. The second-order valence-corrected chi connectivity index (χ2v) is 7.70. The fourth-order valence-corrected chi connectivity index (χ4v) is 3.28. The molecule has 0 fully saturated rings. The van der Waals surface area contributed by atoms with Crippen LogP contribution in [0.2, 0.25) is 5.02 Å². The molecule has 0 radical (unpaired) electrons. The fourth-order valence-electron chi connectivity index (χ4n) is 3.03. The van der Waals surface area contributed by atoms with Crippen LogP contribution in [0.5, 0.6) is 5.75 Å². The highest BCUT2D eigenvalue weighted by molar-refractivity contribution is 6.34. The quantitative estimate of drug-likeness (QED) is 0.199. The molecule has 178 valence electrons. The van der Waals surface area contributed by atoms with Gasteiger partial charge in [-0.3, -0.25) is 24.5 Å². The van der Waals surface area contributed by atoms with E-state index in [9.17, 15) is 24.5 Å². The van der Waals surface area contributed by atoms with Gasteiger partial charge in [-0.2, -0.15) is 0 Å². The first-order chi connectivity index (χ1) is 16.7. The van der Waals surface area contributed by atoms with Crippen molar-refractivity contribution in [2.24, 2.45) is 0 Å². The summed E-state index contributed by atoms with van der Waals surface area (Å²) in [5, 5.41) is 16.2. The topological polar surface area (TPSA) is 128 Å². The molecule has 0 saturated carbocycles. The largest absolute Gasteiger partial charge is 0.497 e. The van der Waals surface area contributed by atoms with Crippen molar-refractivity contribution in [3.63, 3.8) is 0 Å². The SMILES string of the molecule is COc1ccc(C(=O)N/C(=C/c2ccc([N+](=O)[O-])cc2)C(=O)Nc2cccc(C(C)=O)c2)c(Cl)c1. The molecule has 3 aromatic carbocycles. The summed E-state index contributed by atoms with van der Waals surface area (Å²) in [4.78, 5) is 48.0. The van der Waals surface area contributed by atoms with E-state index in [4.69, 9.17) is 16.3 Å². The number of nitrogens with one attached hydrogen (secondary N) is 2. The number of benzene rings is 3. The van der Waals surface area contributed by atoms with Gasteiger partial charge in [-0.1, -0.05) is 23.7 Å². The third-order valence-electron chi connectivity index (χ3n) is 4.86. The molecule has 0 aromatic heterocycles. The third-order valence-corrected chi connectivity index (χ3v) is 5.17. The van der Waals surface area contributed by atoms with Gasteiger partial charge in [-0.25, -0.2) is 0 Å². The molecule has 0 bridgehead atoms. The van der Waals surface area contributed by atoms with E-state index in [0.29, 0.717) is 22.6 Å². The molecule has 2 N–H and O–H groups in total. The number of methoxy groups -OCH3 is 1. The lowest BCUT2D eigenvalue weighted by Crippen LogP contribution is -2.31. The number of nitrogens with zero attached hydrogens (tertiary/aromatic N) is 1. The highest BCUT2D eigenvalue weighted by atomic mass is 35.5. The summed E-state index contributed by atoms with van der Waals surface area (Å²) in [5.41, 5.74) is 1.01. The predicted molar refractivity (Wildman–Crippen MR) is 132 cm³/mol. The van der Waals surface area contributed by atoms with E-state index in [0.717, 1.165) is 0 Å². The molecule has 3 aromatic rings. The number of rotatable bonds is 8. The molecule has 9 nitrogen and oxygen atoms in total. The average molecular weight is 494 g/mol. The highest BCUT2D eigenvalue weighted by Crippen LogP contribution is 2.23. The highest BCUT2D eigenvalue weighted by Gasteiger charge is 2.18. The van der Waals surface area contributed by atoms with Crippen LogP contribution >= 0.6 is 11.6 Å². The minimum atomic E-state index is -0.679. The number of ether oxygens (including phenoxy) is 1. The first kappa shape index (κ1) is 25.1. The van der Waals surface area contributed by atoms with Gasteiger partial charge >= 0.3 is 0 Å². The van der Waals surface area contributed by atoms with Gasteiger partial charge in [-0.15, -0.1) is 0 Å². The van der Waals surface area contributed by atoms with E-state index in [1.807, 2.05) is 0 Å². The molecule has 10 heteroatoms. The summed E-state index contributed by atoms with van der Waals surface area (Å²) in [6.45, 7) is 1.40. The van der Waals surface area contributed by atoms with Crippen molar-refractivity contribution >= 4 is 46.6 Å². The van der Waals surface area contributed by atoms with Crippen LogP contribution in [0, 0.1) is 10.1 Å². The Morgan fingerprint density at radius 2 is 1.74 bits per heavy atom. The fraction of sp³-hybridized carbons (Fsp3) is 0.0800. The Hall–Kier alpha value is -4.50. The summed E-state index contributed by atoms with van der Waals surface area (Å²) in [6, 6.07) is 16.2. The van der Waals surface area contributed by atoms with Crippen LogP contribution in [0.4, 0.5) is 11.4 Å². The van der Waals surface area contributed by atoms with Gasteiger partial charge in [0.2, 0.25) is 0 Å². The van der Waals surface area contributed by atoms with Gasteiger partial charge in [0.15, 0.2) is 5.78 Å². The van der Waals surface area contributed by atoms with Gasteiger partial charge in [0.25, 0.3) is 17.5 Å². The molecule has 0 atom stereocenters. The summed E-state index contributed by atoms with van der Waals surface area (Å²) >= 11 is 6.19. The molecular formula is C25H20ClN3O6. The Morgan fingerprint density at radius 1 is 1.03 bits per heavy atom. The van der Waals surface area contributed by atoms with Crippen molar-refractivity contribution < 1.29 is 24.0 Å². The molecule has 0 aliphatic heterocycles. The number of non-ortho nitro benzene ring substituents is 1. The first-order valence-electron chi connectivity index (χ1n) is 10.2. The van der Waals surface area contributed by atoms with E-state index in [1.54, 1.807) is 24.3 Å². The summed E-state index contributed by atoms with van der Waals surface area (Å²) in [6.07, 6.45) is 1.36. The van der Waals surface area contributed by atoms with Crippen LogP contribution in [0.25, 0.3) is 6.08 Å². The van der Waals surface area contributed by atoms with Crippen molar-refractivity contribution in [1.29, 1.82) is 0 Å². The van der Waals surface area contributed by atoms with Crippen molar-refractivity contribution in [2.45, 2.75) is 6.92 Å². The average Bonchev–Trinajstić information content (AvgIpc) is 2.83. The molecular weight excluding hydrogens is 474 g/mol. The Balaban J connectivity index is 1.94. The molecule has 0 heterocycles. The summed E-state index contributed by atoms with van der Waals surface area (Å²) in [5.74, 6) is -1.05. The van der Waals surface area contributed by atoms with E-state index in [-0.39, 0.29) is 27.8 Å². The van der Waals surface area contributed by atoms with Gasteiger partial charge in [-0.05, 0) is 61.0 Å². The van der Waals surface area contributed by atoms with E-state index in [2.05, 4.69) is 10.6 Å². The second kappa shape index (κ2) is 11.1. The minimum Gasteiger partial charge on any atom is -0.497 e. The zero-order valence-electron chi connectivity index (χ0n) is 18.7. The predicted octanol–water partition coefficient (Wildman–Crippen LogP) is 4.87. The van der Waals surface area contributed by atoms with Crippen LogP contribution in [0.1, 0.15) is 33.2 Å². The second-order valence-electron chi connectivity index (χ2n) is 7.30. The number of carbonyl (C=O) groups is 3. The zero-order valence-corrected chi connectivity index (χ0v) is 19.5. The number of nitro groups is 1. The summed E-state index contributed by atoms with van der Waals surface area (Å²) in [7, 11) is 1.46. The van der Waals surface area contributed by atoms with Crippen molar-refractivity contribution in [1.82, 2.24) is 5.32 Å². The first-order valence-corrected chi connectivity index (χ1v) is 10.6. The maximum atomic E-state index is 13.1. The standard InChI is InChI=1S/C25H20ClN3O6/c1-15(30)17-4-3-5-18(13-17)27-25(32)23(12-16-6-8-19(9-7-16)29(33)34)28-24(31)21-11-10-20(35-2)14-22(21)26/h3-14H,1-2H3,(H,27,32)(H,28,31)/b23-12+. The maximum absolute atomic E-state index is 13.1. The molecule has 0 saturated heterocycles. The zero-order chi connectivity index (χ0) is 25.5. The Labute approximate surface area is 205 Å². The maximum Gasteiger partial charge on any atom is 0.272 e. The molecule has 0 spiro atoms. The lowest BCUT2D eigenvalue weighted by molar-refractivity contribution is -0.384. The van der Waals surface area contributed by atoms with Crippen LogP contribution in [-0.2, 0) is 4.79 Å². The van der Waals surface area contributed by atoms with Crippen molar-refractivity contribution in [3.8, 4) is 5.75 Å². The smallest absolute Gasteiger partial charge is 0.272 e. The molecule has 3 rings (SSSR count). The van der Waals surface area contributed by atoms with Gasteiger partial charge in [0.05, 0.1) is 22.6 Å². The van der Waals surface area contributed by atoms with Gasteiger partial charge in [0, 0.05) is 23.4 Å². The van der Waals surface area contributed by atoms with E-state index in [1.165, 1.54) is 62.6 Å². The van der Waals surface area contributed by atoms with Crippen LogP contribution < -0.4 is 15.4 Å². The number of ketones is 1. The summed E-state index contributed by atoms with van der Waals surface area (Å²) < 4.78 is 5.08. The Kier molecular flexibility index (Phi) is 7.96. The van der Waals surface area contributed by atoms with E-state index < -0.39 is 16.7 Å². The number of nitro benzene ring substituents is 1. The molecule has 35 heavy (non-hydrogen) atoms. The third kappa shape index (κ3) is 6.52. The number of Topliss-reactive ketones (excluding diaryl/α,β-unsaturated/α-hetero) is 1. The number of hydrogen-bond donors (Lipinski definition) is 2. The molecule has 0 aliphatic rings. The number of amides is 2. The van der Waals surface area contributed by atoms with Crippen LogP contribution in [0.3, 0.4) is 0 Å². The monoisotopic (exact) mass is 493 g/mol. The van der Waals surface area contributed by atoms with Crippen molar-refractivity contribution in [3.05, 3.63) is 104 Å². The molecule has 0 unspecified atom stereocenters. The van der Waals surface area contributed by atoms with Crippen LogP contribution in [0.15, 0.2) is 72.4 Å². The van der Waals surface area contributed by atoms with Gasteiger partial charge < -0.3 is 15.4 Å². The Bertz CT molecular complexity index is 1340. The van der Waals surface area contributed by atoms with Crippen molar-refractivity contribution in [2.75, 3.05) is 12.4 Å². The number of halogens is 1. The van der Waals surface area contributed by atoms with E-state index >= 15 is 0 Å². The molecule has 0 aliphatic carbocycles. The van der Waals surface area contributed by atoms with Gasteiger partial charge in [0.1, 0.15) is 11.4 Å². The minimum absolute atomic E-state index is 0.105. The Morgan fingerprint density at radius 3 is 2.34 bits per heavy atom. The number of hydrogen-bond acceptors (Lipinski definition) is 6. The normalized spacial score (nSPS) is 10.9. The number of anilines is 1.